The van der Waals surface area contributed by atoms with Crippen molar-refractivity contribution in [1.29, 1.82) is 0 Å². The van der Waals surface area contributed by atoms with Crippen LogP contribution in [0.15, 0.2) is 53.7 Å². The smallest absolute Gasteiger partial charge is 0.268 e. The van der Waals surface area contributed by atoms with Gasteiger partial charge >= 0.3 is 0 Å². The van der Waals surface area contributed by atoms with Gasteiger partial charge in [0.05, 0.1) is 16.2 Å². The fourth-order valence-electron chi connectivity index (χ4n) is 2.62. The highest BCUT2D eigenvalue weighted by atomic mass is 35.5. The third-order valence-corrected chi connectivity index (χ3v) is 5.63. The maximum absolute atomic E-state index is 14.2. The van der Waals surface area contributed by atoms with E-state index in [1.54, 1.807) is 20.0 Å². The lowest BCUT2D eigenvalue weighted by Gasteiger charge is -2.11. The van der Waals surface area contributed by atoms with Gasteiger partial charge in [-0.25, -0.2) is 21.8 Å². The van der Waals surface area contributed by atoms with Crippen LogP contribution in [0.4, 0.5) is 8.78 Å². The zero-order valence-electron chi connectivity index (χ0n) is 14.6. The maximum atomic E-state index is 14.2. The molecule has 0 spiro atoms. The minimum Gasteiger partial charge on any atom is -0.316 e. The summed E-state index contributed by atoms with van der Waals surface area (Å²) in [6, 6.07) is 8.22. The Kier molecular flexibility index (Phi) is 6.35. The number of aryl methyl sites for hydroxylation is 1. The first-order valence-corrected chi connectivity index (χ1v) is 9.27. The molecule has 1 N–H and O–H groups in total. The quantitative estimate of drug-likeness (QED) is 0.650. The summed E-state index contributed by atoms with van der Waals surface area (Å²) in [6.45, 7) is 1.93. The second-order valence-corrected chi connectivity index (χ2v) is 7.63. The lowest BCUT2D eigenvalue weighted by atomic mass is 10.2. The molecule has 0 aliphatic rings. The van der Waals surface area contributed by atoms with Gasteiger partial charge in [-0.1, -0.05) is 6.07 Å². The summed E-state index contributed by atoms with van der Waals surface area (Å²) in [7, 11) is -2.40. The highest BCUT2D eigenvalue weighted by Crippen LogP contribution is 2.28. The van der Waals surface area contributed by atoms with Gasteiger partial charge in [0.25, 0.3) is 10.0 Å². The van der Waals surface area contributed by atoms with Crippen LogP contribution >= 0.6 is 12.4 Å². The Morgan fingerprint density at radius 2 is 1.93 bits per heavy atom. The lowest BCUT2D eigenvalue weighted by Crippen LogP contribution is -2.14. The highest BCUT2D eigenvalue weighted by molar-refractivity contribution is 7.90. The van der Waals surface area contributed by atoms with Crippen LogP contribution in [0.3, 0.4) is 0 Å². The Balaban J connectivity index is 0.00000261. The summed E-state index contributed by atoms with van der Waals surface area (Å²) in [5.74, 6) is -1.41. The van der Waals surface area contributed by atoms with Crippen LogP contribution in [0.1, 0.15) is 11.1 Å². The van der Waals surface area contributed by atoms with Gasteiger partial charge in [-0.2, -0.15) is 4.39 Å². The zero-order chi connectivity index (χ0) is 18.9. The molecule has 0 radical (unpaired) electrons. The molecule has 9 heteroatoms. The van der Waals surface area contributed by atoms with Crippen molar-refractivity contribution in [3.63, 3.8) is 0 Å². The molecule has 0 amide bonds. The van der Waals surface area contributed by atoms with Crippen molar-refractivity contribution >= 4 is 22.4 Å². The number of nitrogens with zero attached hydrogens (tertiary/aromatic N) is 2. The number of hydrogen-bond donors (Lipinski definition) is 1. The minimum atomic E-state index is -4.12. The second kappa shape index (κ2) is 8.16. The standard InChI is InChI=1S/C18H17F2N3O2S.ClH/c1-12-5-6-14(9-16(12)19)26(24,25)23-11-13(10-21-2)8-17(23)15-4-3-7-22-18(15)20;/h3-9,11,21H,10H2,1-2H3;1H. The van der Waals surface area contributed by atoms with Crippen molar-refractivity contribution in [2.75, 3.05) is 7.05 Å². The largest absolute Gasteiger partial charge is 0.316 e. The fraction of sp³-hybridized carbons (Fsp3) is 0.167. The molecule has 3 rings (SSSR count). The van der Waals surface area contributed by atoms with Gasteiger partial charge in [-0.15, -0.1) is 12.4 Å². The topological polar surface area (TPSA) is 64.0 Å². The van der Waals surface area contributed by atoms with E-state index in [-0.39, 0.29) is 28.6 Å². The van der Waals surface area contributed by atoms with Gasteiger partial charge < -0.3 is 5.32 Å². The summed E-state index contributed by atoms with van der Waals surface area (Å²) in [6.07, 6.45) is 2.68. The summed E-state index contributed by atoms with van der Waals surface area (Å²) in [5, 5.41) is 2.92. The summed E-state index contributed by atoms with van der Waals surface area (Å²) >= 11 is 0. The Labute approximate surface area is 162 Å². The molecule has 27 heavy (non-hydrogen) atoms. The number of benzene rings is 1. The van der Waals surface area contributed by atoms with Gasteiger partial charge in [0.2, 0.25) is 5.95 Å². The Hall–Kier alpha value is -2.29. The molecule has 0 atom stereocenters. The van der Waals surface area contributed by atoms with E-state index in [1.807, 2.05) is 0 Å². The number of aromatic nitrogens is 2. The first-order chi connectivity index (χ1) is 12.3. The van der Waals surface area contributed by atoms with Gasteiger partial charge in [0, 0.05) is 18.9 Å². The van der Waals surface area contributed by atoms with Gasteiger partial charge in [0.1, 0.15) is 5.82 Å². The fourth-order valence-corrected chi connectivity index (χ4v) is 4.02. The second-order valence-electron chi connectivity index (χ2n) is 5.82. The van der Waals surface area contributed by atoms with E-state index in [4.69, 9.17) is 0 Å². The van der Waals surface area contributed by atoms with E-state index in [0.717, 1.165) is 10.0 Å². The number of nitrogens with one attached hydrogen (secondary N) is 1. The van der Waals surface area contributed by atoms with Gasteiger partial charge in [-0.3, -0.25) is 0 Å². The van der Waals surface area contributed by atoms with Crippen LogP contribution < -0.4 is 5.32 Å². The Morgan fingerprint density at radius 1 is 1.19 bits per heavy atom. The first kappa shape index (κ1) is 21.0. The molecule has 0 saturated carbocycles. The van der Waals surface area contributed by atoms with E-state index in [1.165, 1.54) is 36.7 Å². The van der Waals surface area contributed by atoms with E-state index in [9.17, 15) is 17.2 Å². The van der Waals surface area contributed by atoms with Gasteiger partial charge in [0.15, 0.2) is 0 Å². The van der Waals surface area contributed by atoms with E-state index in [0.29, 0.717) is 17.7 Å². The molecule has 0 aliphatic heterocycles. The van der Waals surface area contributed by atoms with Crippen LogP contribution in [0.25, 0.3) is 11.3 Å². The van der Waals surface area contributed by atoms with Crippen LogP contribution in [-0.2, 0) is 16.6 Å². The first-order valence-electron chi connectivity index (χ1n) is 7.83. The zero-order valence-corrected chi connectivity index (χ0v) is 16.2. The average molecular weight is 414 g/mol. The van der Waals surface area contributed by atoms with Crippen molar-refractivity contribution in [1.82, 2.24) is 14.3 Å². The molecule has 0 bridgehead atoms. The molecule has 0 saturated heterocycles. The number of halogens is 3. The molecular weight excluding hydrogens is 396 g/mol. The predicted octanol–water partition coefficient (Wildman–Crippen LogP) is 3.51. The normalized spacial score (nSPS) is 11.3. The molecule has 2 aromatic heterocycles. The molecule has 0 fully saturated rings. The number of pyridine rings is 1. The molecule has 3 aromatic rings. The predicted molar refractivity (Wildman–Crippen MR) is 101 cm³/mol. The van der Waals surface area contributed by atoms with Crippen LogP contribution in [0.5, 0.6) is 0 Å². The Morgan fingerprint density at radius 3 is 2.56 bits per heavy atom. The van der Waals surface area contributed by atoms with E-state index in [2.05, 4.69) is 10.3 Å². The monoisotopic (exact) mass is 413 g/mol. The molecule has 144 valence electrons. The molecule has 5 nitrogen and oxygen atoms in total. The minimum absolute atomic E-state index is 0. The SMILES string of the molecule is CNCc1cc(-c2cccnc2F)n(S(=O)(=O)c2ccc(C)c(F)c2)c1.Cl. The third kappa shape index (κ3) is 4.02. The van der Waals surface area contributed by atoms with Crippen molar-refractivity contribution in [2.45, 2.75) is 18.4 Å². The lowest BCUT2D eigenvalue weighted by molar-refractivity contribution is 0.579. The molecule has 0 unspecified atom stereocenters. The number of rotatable bonds is 5. The van der Waals surface area contributed by atoms with Crippen LogP contribution in [0, 0.1) is 18.7 Å². The van der Waals surface area contributed by atoms with Crippen LogP contribution in [-0.4, -0.2) is 24.4 Å². The summed E-state index contributed by atoms with van der Waals surface area (Å²) in [4.78, 5) is 3.37. The molecule has 0 aliphatic carbocycles. The third-order valence-electron chi connectivity index (χ3n) is 3.96. The van der Waals surface area contributed by atoms with Crippen molar-refractivity contribution in [3.05, 3.63) is 71.7 Å². The molecule has 1 aromatic carbocycles. The summed E-state index contributed by atoms with van der Waals surface area (Å²) < 4.78 is 55.1. The number of hydrogen-bond acceptors (Lipinski definition) is 4. The van der Waals surface area contributed by atoms with E-state index >= 15 is 0 Å². The Bertz CT molecular complexity index is 1070. The van der Waals surface area contributed by atoms with Crippen LogP contribution in [0.2, 0.25) is 0 Å². The highest BCUT2D eigenvalue weighted by Gasteiger charge is 2.24. The van der Waals surface area contributed by atoms with Gasteiger partial charge in [-0.05, 0) is 55.4 Å². The molecule has 2 heterocycles. The van der Waals surface area contributed by atoms with Crippen molar-refractivity contribution in [3.8, 4) is 11.3 Å². The van der Waals surface area contributed by atoms with Crippen molar-refractivity contribution in [2.24, 2.45) is 0 Å². The maximum Gasteiger partial charge on any atom is 0.268 e. The average Bonchev–Trinajstić information content (AvgIpc) is 3.02. The van der Waals surface area contributed by atoms with E-state index < -0.39 is 21.8 Å². The van der Waals surface area contributed by atoms with Crippen molar-refractivity contribution < 1.29 is 17.2 Å². The summed E-state index contributed by atoms with van der Waals surface area (Å²) in [5.41, 5.74) is 1.15. The molecular formula is C18H18ClF2N3O2S.